The molecule has 2 heterocycles. The molecule has 1 amide bonds. The van der Waals surface area contributed by atoms with Crippen LogP contribution in [0, 0.1) is 0 Å². The van der Waals surface area contributed by atoms with E-state index in [-0.39, 0.29) is 17.8 Å². The molecule has 2 rings (SSSR count). The smallest absolute Gasteiger partial charge is 0.261 e. The lowest BCUT2D eigenvalue weighted by atomic mass is 10.2. The summed E-state index contributed by atoms with van der Waals surface area (Å²) in [4.78, 5) is 24.2. The minimum Gasteiger partial charge on any atom is -0.379 e. The van der Waals surface area contributed by atoms with Crippen molar-refractivity contribution >= 4 is 23.0 Å². The molecule has 5 nitrogen and oxygen atoms in total. The first-order valence-corrected chi connectivity index (χ1v) is 8.07. The van der Waals surface area contributed by atoms with Gasteiger partial charge in [-0.05, 0) is 38.3 Å². The summed E-state index contributed by atoms with van der Waals surface area (Å²) in [5, 5.41) is 2.83. The Labute approximate surface area is 128 Å². The van der Waals surface area contributed by atoms with Gasteiger partial charge in [0.25, 0.3) is 5.91 Å². The molecule has 0 aliphatic carbocycles. The Bertz CT molecular complexity index is 480. The minimum absolute atomic E-state index is 0.0124. The van der Waals surface area contributed by atoms with Crippen molar-refractivity contribution in [2.45, 2.75) is 32.3 Å². The van der Waals surface area contributed by atoms with E-state index in [1.807, 2.05) is 0 Å². The first kappa shape index (κ1) is 16.1. The van der Waals surface area contributed by atoms with Gasteiger partial charge in [-0.3, -0.25) is 9.59 Å². The SMILES string of the molecule is CC(=O)c1ccc(C(=O)NCCCOCC2CCCO2)s1. The fourth-order valence-corrected chi connectivity index (χ4v) is 2.92. The summed E-state index contributed by atoms with van der Waals surface area (Å²) in [6.07, 6.45) is 3.21. The number of nitrogens with one attached hydrogen (secondary N) is 1. The Kier molecular flexibility index (Phi) is 6.35. The highest BCUT2D eigenvalue weighted by Gasteiger charge is 2.15. The highest BCUT2D eigenvalue weighted by atomic mass is 32.1. The number of carbonyl (C=O) groups is 2. The fraction of sp³-hybridized carbons (Fsp3) is 0.600. The standard InChI is InChI=1S/C15H21NO4S/c1-11(17)13-5-6-14(21-13)15(18)16-7-3-8-19-10-12-4-2-9-20-12/h5-6,12H,2-4,7-10H2,1H3,(H,16,18). The van der Waals surface area contributed by atoms with Crippen LogP contribution < -0.4 is 5.32 Å². The quantitative estimate of drug-likeness (QED) is 0.591. The van der Waals surface area contributed by atoms with Crippen LogP contribution in [0.3, 0.4) is 0 Å². The van der Waals surface area contributed by atoms with Crippen LogP contribution in [0.25, 0.3) is 0 Å². The van der Waals surface area contributed by atoms with E-state index >= 15 is 0 Å². The van der Waals surface area contributed by atoms with Gasteiger partial charge < -0.3 is 14.8 Å². The molecule has 1 saturated heterocycles. The third kappa shape index (κ3) is 5.22. The van der Waals surface area contributed by atoms with Gasteiger partial charge in [0.2, 0.25) is 0 Å². The van der Waals surface area contributed by atoms with Crippen LogP contribution in [-0.4, -0.2) is 44.2 Å². The van der Waals surface area contributed by atoms with E-state index in [1.165, 1.54) is 18.3 Å². The summed E-state index contributed by atoms with van der Waals surface area (Å²) in [7, 11) is 0. The maximum atomic E-state index is 11.8. The predicted octanol–water partition coefficient (Wildman–Crippen LogP) is 2.27. The molecule has 0 saturated carbocycles. The van der Waals surface area contributed by atoms with Gasteiger partial charge in [-0.2, -0.15) is 0 Å². The number of thiophene rings is 1. The van der Waals surface area contributed by atoms with E-state index in [4.69, 9.17) is 9.47 Å². The molecule has 21 heavy (non-hydrogen) atoms. The summed E-state index contributed by atoms with van der Waals surface area (Å²) in [5.41, 5.74) is 0. The molecule has 1 aromatic rings. The Morgan fingerprint density at radius 2 is 2.24 bits per heavy atom. The van der Waals surface area contributed by atoms with Gasteiger partial charge in [0.05, 0.1) is 22.5 Å². The number of ketones is 1. The molecule has 1 atom stereocenters. The molecule has 0 spiro atoms. The Morgan fingerprint density at radius 1 is 1.43 bits per heavy atom. The maximum Gasteiger partial charge on any atom is 0.261 e. The molecule has 1 unspecified atom stereocenters. The van der Waals surface area contributed by atoms with Gasteiger partial charge in [-0.25, -0.2) is 0 Å². The molecule has 0 radical (unpaired) electrons. The topological polar surface area (TPSA) is 64.6 Å². The lowest BCUT2D eigenvalue weighted by molar-refractivity contribution is 0.0166. The van der Waals surface area contributed by atoms with E-state index in [0.717, 1.165) is 25.9 Å². The fourth-order valence-electron chi connectivity index (χ4n) is 2.10. The minimum atomic E-state index is -0.133. The number of carbonyl (C=O) groups excluding carboxylic acids is 2. The number of hydrogen-bond donors (Lipinski definition) is 1. The van der Waals surface area contributed by atoms with Crippen molar-refractivity contribution in [2.24, 2.45) is 0 Å². The summed E-state index contributed by atoms with van der Waals surface area (Å²) >= 11 is 1.22. The molecule has 0 aromatic carbocycles. The van der Waals surface area contributed by atoms with Crippen LogP contribution in [0.2, 0.25) is 0 Å². The van der Waals surface area contributed by atoms with Crippen molar-refractivity contribution < 1.29 is 19.1 Å². The van der Waals surface area contributed by atoms with E-state index in [9.17, 15) is 9.59 Å². The highest BCUT2D eigenvalue weighted by Crippen LogP contribution is 2.16. The molecule has 1 N–H and O–H groups in total. The number of hydrogen-bond acceptors (Lipinski definition) is 5. The van der Waals surface area contributed by atoms with Crippen molar-refractivity contribution in [3.63, 3.8) is 0 Å². The van der Waals surface area contributed by atoms with Gasteiger partial charge in [0, 0.05) is 19.8 Å². The number of rotatable bonds is 8. The van der Waals surface area contributed by atoms with Crippen LogP contribution >= 0.6 is 11.3 Å². The third-order valence-electron chi connectivity index (χ3n) is 3.26. The average Bonchev–Trinajstić information content (AvgIpc) is 3.13. The Balaban J connectivity index is 1.57. The van der Waals surface area contributed by atoms with E-state index < -0.39 is 0 Å². The zero-order chi connectivity index (χ0) is 15.1. The van der Waals surface area contributed by atoms with E-state index in [2.05, 4.69) is 5.32 Å². The molecule has 0 bridgehead atoms. The first-order valence-electron chi connectivity index (χ1n) is 7.25. The van der Waals surface area contributed by atoms with E-state index in [1.54, 1.807) is 12.1 Å². The van der Waals surface area contributed by atoms with Gasteiger partial charge in [0.15, 0.2) is 5.78 Å². The zero-order valence-electron chi connectivity index (χ0n) is 12.2. The van der Waals surface area contributed by atoms with Crippen molar-refractivity contribution in [3.05, 3.63) is 21.9 Å². The van der Waals surface area contributed by atoms with Gasteiger partial charge in [-0.1, -0.05) is 0 Å². The molecule has 6 heteroatoms. The molecule has 1 fully saturated rings. The normalized spacial score (nSPS) is 17.9. The van der Waals surface area contributed by atoms with Crippen LogP contribution in [-0.2, 0) is 9.47 Å². The average molecular weight is 311 g/mol. The second-order valence-electron chi connectivity index (χ2n) is 5.04. The Hall–Kier alpha value is -1.24. The maximum absolute atomic E-state index is 11.8. The van der Waals surface area contributed by atoms with Gasteiger partial charge >= 0.3 is 0 Å². The van der Waals surface area contributed by atoms with Crippen molar-refractivity contribution in [1.82, 2.24) is 5.32 Å². The second-order valence-corrected chi connectivity index (χ2v) is 6.12. The van der Waals surface area contributed by atoms with Crippen LogP contribution in [0.15, 0.2) is 12.1 Å². The predicted molar refractivity (Wildman–Crippen MR) is 81.1 cm³/mol. The summed E-state index contributed by atoms with van der Waals surface area (Å²) in [6, 6.07) is 3.37. The Morgan fingerprint density at radius 3 is 2.90 bits per heavy atom. The largest absolute Gasteiger partial charge is 0.379 e. The lowest BCUT2D eigenvalue weighted by Crippen LogP contribution is -2.25. The van der Waals surface area contributed by atoms with E-state index in [0.29, 0.717) is 29.5 Å². The van der Waals surface area contributed by atoms with Crippen LogP contribution in [0.1, 0.15) is 45.5 Å². The highest BCUT2D eigenvalue weighted by molar-refractivity contribution is 7.15. The van der Waals surface area contributed by atoms with Gasteiger partial charge in [-0.15, -0.1) is 11.3 Å². The number of Topliss-reactive ketones (excluding diaryl/α,β-unsaturated/α-hetero) is 1. The lowest BCUT2D eigenvalue weighted by Gasteiger charge is -2.10. The molecule has 1 aliphatic rings. The third-order valence-corrected chi connectivity index (χ3v) is 4.44. The van der Waals surface area contributed by atoms with Crippen LogP contribution in [0.4, 0.5) is 0 Å². The van der Waals surface area contributed by atoms with Crippen molar-refractivity contribution in [2.75, 3.05) is 26.4 Å². The molecule has 1 aliphatic heterocycles. The molecule has 116 valence electrons. The van der Waals surface area contributed by atoms with Crippen molar-refractivity contribution in [1.29, 1.82) is 0 Å². The molecular weight excluding hydrogens is 290 g/mol. The van der Waals surface area contributed by atoms with Gasteiger partial charge in [0.1, 0.15) is 0 Å². The zero-order valence-corrected chi connectivity index (χ0v) is 13.0. The number of amides is 1. The van der Waals surface area contributed by atoms with Crippen molar-refractivity contribution in [3.8, 4) is 0 Å². The second kappa shape index (κ2) is 8.26. The summed E-state index contributed by atoms with van der Waals surface area (Å²) < 4.78 is 11.0. The summed E-state index contributed by atoms with van der Waals surface area (Å²) in [5.74, 6) is -0.145. The monoisotopic (exact) mass is 311 g/mol. The molecular formula is C15H21NO4S. The first-order chi connectivity index (χ1) is 10.2. The number of ether oxygens (including phenoxy) is 2. The summed E-state index contributed by atoms with van der Waals surface area (Å²) in [6.45, 7) is 4.16. The van der Waals surface area contributed by atoms with Crippen LogP contribution in [0.5, 0.6) is 0 Å². The molecule has 1 aromatic heterocycles.